The summed E-state index contributed by atoms with van der Waals surface area (Å²) in [6, 6.07) is 6.29. The second kappa shape index (κ2) is 5.86. The molecule has 0 bridgehead atoms. The van der Waals surface area contributed by atoms with E-state index in [1.807, 2.05) is 6.07 Å². The standard InChI is InChI=1S/C21H25N3O2/c1-26-15-5-6-16-17(11-15)23-18-12-22-13-21(19(16)18)7-9-24(10-8-21)20(25)14-3-2-4-14/h5-6,11-12,14,23H,2-4,7-10,13H2,1H3/p+1. The molecule has 26 heavy (non-hydrogen) atoms. The highest BCUT2D eigenvalue weighted by Gasteiger charge is 2.45. The lowest BCUT2D eigenvalue weighted by Crippen LogP contribution is -2.77. The number of nitrogens with one attached hydrogen (secondary N) is 2. The molecule has 5 rings (SSSR count). The van der Waals surface area contributed by atoms with E-state index >= 15 is 0 Å². The Balaban J connectivity index is 1.46. The highest BCUT2D eigenvalue weighted by molar-refractivity contribution is 5.94. The third-order valence-electron chi connectivity index (χ3n) is 6.74. The minimum absolute atomic E-state index is 0.104. The normalized spacial score (nSPS) is 21.7. The van der Waals surface area contributed by atoms with E-state index in [9.17, 15) is 4.79 Å². The van der Waals surface area contributed by atoms with Gasteiger partial charge in [0.15, 0.2) is 12.8 Å². The minimum Gasteiger partial charge on any atom is -0.497 e. The smallest absolute Gasteiger partial charge is 0.225 e. The van der Waals surface area contributed by atoms with Crippen molar-refractivity contribution in [2.24, 2.45) is 5.92 Å². The van der Waals surface area contributed by atoms with Gasteiger partial charge in [-0.1, -0.05) is 6.42 Å². The molecule has 5 nitrogen and oxygen atoms in total. The summed E-state index contributed by atoms with van der Waals surface area (Å²) < 4.78 is 5.38. The predicted octanol–water partition coefficient (Wildman–Crippen LogP) is 1.35. The number of benzene rings is 1. The van der Waals surface area contributed by atoms with E-state index in [1.165, 1.54) is 23.1 Å². The third-order valence-corrected chi connectivity index (χ3v) is 6.74. The highest BCUT2D eigenvalue weighted by Crippen LogP contribution is 2.42. The number of fused-ring (bicyclic) bond motifs is 4. The molecular weight excluding hydrogens is 326 g/mol. The summed E-state index contributed by atoms with van der Waals surface area (Å²) in [5.41, 5.74) is 3.83. The number of hydrogen-bond acceptors (Lipinski definition) is 2. The molecule has 1 aromatic heterocycles. The maximum Gasteiger partial charge on any atom is 0.225 e. The zero-order chi connectivity index (χ0) is 17.7. The van der Waals surface area contributed by atoms with E-state index in [0.717, 1.165) is 56.6 Å². The predicted molar refractivity (Wildman–Crippen MR) is 101 cm³/mol. The van der Waals surface area contributed by atoms with Crippen LogP contribution in [0.15, 0.2) is 18.2 Å². The number of rotatable bonds is 2. The summed E-state index contributed by atoms with van der Waals surface area (Å²) in [6.45, 7) is 2.70. The minimum atomic E-state index is 0.104. The number of amides is 1. The van der Waals surface area contributed by atoms with Crippen molar-refractivity contribution in [3.63, 3.8) is 0 Å². The van der Waals surface area contributed by atoms with Crippen LogP contribution in [0.3, 0.4) is 0 Å². The summed E-state index contributed by atoms with van der Waals surface area (Å²) >= 11 is 0. The van der Waals surface area contributed by atoms with Crippen LogP contribution < -0.4 is 9.73 Å². The van der Waals surface area contributed by atoms with E-state index in [1.54, 1.807) is 7.11 Å². The van der Waals surface area contributed by atoms with Crippen LogP contribution in [0.5, 0.6) is 5.75 Å². The molecule has 5 heteroatoms. The van der Waals surface area contributed by atoms with Crippen molar-refractivity contribution in [3.05, 3.63) is 29.5 Å². The monoisotopic (exact) mass is 352 g/mol. The summed E-state index contributed by atoms with van der Waals surface area (Å²) in [5, 5.41) is 1.29. The number of ether oxygens (including phenoxy) is 1. The molecule has 2 aliphatic heterocycles. The summed E-state index contributed by atoms with van der Waals surface area (Å²) in [7, 11) is 1.70. The van der Waals surface area contributed by atoms with Crippen LogP contribution in [-0.4, -0.2) is 48.7 Å². The van der Waals surface area contributed by atoms with Gasteiger partial charge >= 0.3 is 0 Å². The Labute approximate surface area is 153 Å². The van der Waals surface area contributed by atoms with Gasteiger partial charge in [0.1, 0.15) is 11.4 Å². The Morgan fingerprint density at radius 1 is 1.31 bits per heavy atom. The Morgan fingerprint density at radius 3 is 2.81 bits per heavy atom. The van der Waals surface area contributed by atoms with Gasteiger partial charge in [0.05, 0.1) is 18.0 Å². The number of piperidine rings is 1. The second-order valence-electron chi connectivity index (χ2n) is 8.08. The van der Waals surface area contributed by atoms with Crippen LogP contribution >= 0.6 is 0 Å². The molecule has 1 saturated heterocycles. The van der Waals surface area contributed by atoms with Gasteiger partial charge in [0.2, 0.25) is 5.91 Å². The Morgan fingerprint density at radius 2 is 2.12 bits per heavy atom. The molecule has 3 heterocycles. The number of aromatic amines is 1. The van der Waals surface area contributed by atoms with Crippen LogP contribution in [0.25, 0.3) is 10.9 Å². The number of hydrogen-bond donors (Lipinski definition) is 2. The topological polar surface area (TPSA) is 59.3 Å². The fraction of sp³-hybridized carbons (Fsp3) is 0.524. The molecule has 1 spiro atoms. The van der Waals surface area contributed by atoms with Crippen molar-refractivity contribution in [1.82, 2.24) is 9.88 Å². The third kappa shape index (κ3) is 2.29. The Hall–Kier alpha value is -2.30. The number of carbonyl (C=O) groups is 1. The molecule has 1 aromatic carbocycles. The van der Waals surface area contributed by atoms with Gasteiger partial charge in [-0.25, -0.2) is 4.99 Å². The lowest BCUT2D eigenvalue weighted by Gasteiger charge is -2.42. The lowest BCUT2D eigenvalue weighted by atomic mass is 9.70. The number of carbonyl (C=O) groups excluding carboxylic acids is 1. The van der Waals surface area contributed by atoms with Crippen LogP contribution in [-0.2, 0) is 10.2 Å². The van der Waals surface area contributed by atoms with Crippen molar-refractivity contribution in [2.45, 2.75) is 37.5 Å². The molecule has 0 radical (unpaired) electrons. The number of nitrogens with zero attached hydrogens (tertiary/aromatic N) is 1. The van der Waals surface area contributed by atoms with Crippen molar-refractivity contribution in [2.75, 3.05) is 26.7 Å². The van der Waals surface area contributed by atoms with Crippen molar-refractivity contribution in [1.29, 1.82) is 0 Å². The van der Waals surface area contributed by atoms with E-state index in [0.29, 0.717) is 11.8 Å². The van der Waals surface area contributed by atoms with Gasteiger partial charge in [0, 0.05) is 36.0 Å². The van der Waals surface area contributed by atoms with Crippen LogP contribution in [0.1, 0.15) is 43.4 Å². The summed E-state index contributed by atoms with van der Waals surface area (Å²) in [6.07, 6.45) is 7.54. The fourth-order valence-corrected chi connectivity index (χ4v) is 4.94. The molecular formula is C21H26N3O2+. The van der Waals surface area contributed by atoms with E-state index in [-0.39, 0.29) is 5.41 Å². The average molecular weight is 352 g/mol. The zero-order valence-corrected chi connectivity index (χ0v) is 15.3. The second-order valence-corrected chi connectivity index (χ2v) is 8.08. The molecule has 1 amide bonds. The van der Waals surface area contributed by atoms with Gasteiger partial charge in [-0.05, 0) is 37.8 Å². The van der Waals surface area contributed by atoms with Gasteiger partial charge in [0.25, 0.3) is 0 Å². The zero-order valence-electron chi connectivity index (χ0n) is 15.3. The average Bonchev–Trinajstić information content (AvgIpc) is 3.00. The molecule has 0 atom stereocenters. The maximum absolute atomic E-state index is 12.6. The van der Waals surface area contributed by atoms with Crippen molar-refractivity contribution < 1.29 is 14.5 Å². The van der Waals surface area contributed by atoms with Gasteiger partial charge in [-0.2, -0.15) is 0 Å². The van der Waals surface area contributed by atoms with Crippen LogP contribution in [0, 0.1) is 5.92 Å². The first-order valence-corrected chi connectivity index (χ1v) is 9.76. The van der Waals surface area contributed by atoms with E-state index in [4.69, 9.17) is 4.74 Å². The fourth-order valence-electron chi connectivity index (χ4n) is 4.94. The Bertz CT molecular complexity index is 886. The van der Waals surface area contributed by atoms with E-state index in [2.05, 4.69) is 33.2 Å². The molecule has 1 saturated carbocycles. The van der Waals surface area contributed by atoms with Crippen LogP contribution in [0.2, 0.25) is 0 Å². The molecule has 2 fully saturated rings. The van der Waals surface area contributed by atoms with Crippen molar-refractivity contribution in [3.8, 4) is 5.75 Å². The SMILES string of the molecule is COc1ccc2c3c([nH]c2c1)C=[NH+]CC31CCN(C(=O)C2CCC2)CC1. The summed E-state index contributed by atoms with van der Waals surface area (Å²) in [4.78, 5) is 21.8. The van der Waals surface area contributed by atoms with Gasteiger partial charge in [-0.15, -0.1) is 0 Å². The molecule has 3 aliphatic rings. The molecule has 1 aliphatic carbocycles. The lowest BCUT2D eigenvalue weighted by molar-refractivity contribution is -0.467. The molecule has 2 N–H and O–H groups in total. The largest absolute Gasteiger partial charge is 0.497 e. The molecule has 0 unspecified atom stereocenters. The number of likely N-dealkylation sites (tertiary alicyclic amines) is 1. The quantitative estimate of drug-likeness (QED) is 0.857. The van der Waals surface area contributed by atoms with E-state index < -0.39 is 0 Å². The summed E-state index contributed by atoms with van der Waals surface area (Å²) in [5.74, 6) is 1.57. The Kier molecular flexibility index (Phi) is 3.59. The van der Waals surface area contributed by atoms with Crippen molar-refractivity contribution >= 4 is 23.0 Å². The molecule has 2 aromatic rings. The number of H-pyrrole nitrogens is 1. The highest BCUT2D eigenvalue weighted by atomic mass is 16.5. The number of aromatic nitrogens is 1. The maximum atomic E-state index is 12.6. The van der Waals surface area contributed by atoms with Gasteiger partial charge in [-0.3, -0.25) is 4.79 Å². The van der Waals surface area contributed by atoms with Gasteiger partial charge < -0.3 is 14.6 Å². The first-order chi connectivity index (χ1) is 12.7. The first-order valence-electron chi connectivity index (χ1n) is 9.76. The number of methoxy groups -OCH3 is 1. The first kappa shape index (κ1) is 15.9. The van der Waals surface area contributed by atoms with Crippen LogP contribution in [0.4, 0.5) is 0 Å². The molecule has 136 valence electrons.